The Morgan fingerprint density at radius 1 is 0.984 bits per heavy atom. The summed E-state index contributed by atoms with van der Waals surface area (Å²) >= 11 is 12.5. The molecule has 1 unspecified atom stereocenters. The van der Waals surface area contributed by atoms with Crippen LogP contribution in [0, 0.1) is 5.82 Å². The number of halogens is 3. The van der Waals surface area contributed by atoms with Crippen molar-refractivity contribution in [1.29, 1.82) is 0 Å². The van der Waals surface area contributed by atoms with Crippen molar-refractivity contribution < 1.29 is 33.1 Å². The van der Waals surface area contributed by atoms with Gasteiger partial charge in [0.05, 0.1) is 34.4 Å². The molecule has 5 amide bonds. The van der Waals surface area contributed by atoms with Crippen LogP contribution in [0.5, 0.6) is 5.75 Å². The monoisotopic (exact) mass is 901 g/mol. The van der Waals surface area contributed by atoms with E-state index in [1.807, 2.05) is 22.0 Å². The number of nitrogens with zero attached hydrogens (tertiary/aromatic N) is 6. The van der Waals surface area contributed by atoms with E-state index in [0.29, 0.717) is 41.5 Å². The topological polar surface area (TPSA) is 185 Å². The van der Waals surface area contributed by atoms with Gasteiger partial charge in [-0.25, -0.2) is 9.37 Å². The third-order valence-corrected chi connectivity index (χ3v) is 13.2. The maximum Gasteiger partial charge on any atom is 0.264 e. The number of unbranched alkanes of at least 4 members (excludes halogenated alkanes) is 4. The largest absolute Gasteiger partial charge is 0.482 e. The number of piperidine rings is 2. The second-order valence-electron chi connectivity index (χ2n) is 16.7. The van der Waals surface area contributed by atoms with Gasteiger partial charge in [-0.15, -0.1) is 0 Å². The third-order valence-electron chi connectivity index (χ3n) is 12.5. The van der Waals surface area contributed by atoms with E-state index in [4.69, 9.17) is 33.7 Å². The van der Waals surface area contributed by atoms with E-state index >= 15 is 0 Å². The number of carbonyl (C=O) groups excluding carboxylic acids is 5. The number of ether oxygens (including phenoxy) is 1. The average Bonchev–Trinajstić information content (AvgIpc) is 3.84. The molecule has 0 aliphatic carbocycles. The molecule has 4 N–H and O–H groups in total. The number of nitrogens with two attached hydrogens (primary N) is 1. The molecule has 18 heteroatoms. The van der Waals surface area contributed by atoms with E-state index in [2.05, 4.69) is 25.6 Å². The molecule has 15 nitrogen and oxygen atoms in total. The fourth-order valence-electron chi connectivity index (χ4n) is 8.90. The number of aromatic nitrogens is 3. The Morgan fingerprint density at radius 2 is 1.75 bits per heavy atom. The zero-order valence-electron chi connectivity index (χ0n) is 35.0. The molecule has 2 aromatic heterocycles. The highest BCUT2D eigenvalue weighted by Gasteiger charge is 2.46. The van der Waals surface area contributed by atoms with Gasteiger partial charge in [0.25, 0.3) is 11.8 Å². The zero-order chi connectivity index (χ0) is 44.4. The summed E-state index contributed by atoms with van der Waals surface area (Å²) in [6.45, 7) is 5.76. The standard InChI is InChI=1S/C45H50Cl2FN9O6/c1-26(39-32(46)11-12-33(48)41(39)47)63-36-20-27(21-50-42(36)49)28-22-51-56(23-28)30-15-18-54(19-16-30)17-6-4-2-3-5-10-38(59)55-24-29(25-55)52-34-9-7-8-31-40(34)45(62)57(44(31)61)35-13-14-37(58)53-43(35)60/h7-9,11-12,20-23,26,29-30,35,52H,2-6,10,13-19,24-25H2,1H3,(H2,49,50)(H,53,58,60)/t26-,35?/m1/s1. The molecule has 2 atom stereocenters. The molecule has 4 aliphatic rings. The van der Waals surface area contributed by atoms with Crippen LogP contribution in [0.1, 0.15) is 110 Å². The van der Waals surface area contributed by atoms with Crippen molar-refractivity contribution in [1.82, 2.24) is 34.8 Å². The summed E-state index contributed by atoms with van der Waals surface area (Å²) in [7, 11) is 0. The summed E-state index contributed by atoms with van der Waals surface area (Å²) in [4.78, 5) is 73.1. The van der Waals surface area contributed by atoms with Gasteiger partial charge in [0.15, 0.2) is 11.6 Å². The maximum atomic E-state index is 14.2. The van der Waals surface area contributed by atoms with Crippen molar-refractivity contribution in [2.45, 2.75) is 95.4 Å². The van der Waals surface area contributed by atoms with E-state index in [1.165, 1.54) is 12.1 Å². The minimum absolute atomic E-state index is 0.0581. The second-order valence-corrected chi connectivity index (χ2v) is 17.5. The number of imide groups is 2. The molecule has 4 aliphatic heterocycles. The molecule has 3 saturated heterocycles. The molecule has 2 aromatic carbocycles. The number of hydrogen-bond acceptors (Lipinski definition) is 11. The fourth-order valence-corrected chi connectivity index (χ4v) is 9.57. The molecule has 8 rings (SSSR count). The number of fused-ring (bicyclic) bond motifs is 1. The van der Waals surface area contributed by atoms with Crippen molar-refractivity contribution in [3.63, 3.8) is 0 Å². The second kappa shape index (κ2) is 19.0. The Kier molecular flexibility index (Phi) is 13.3. The molecule has 0 radical (unpaired) electrons. The Morgan fingerprint density at radius 3 is 2.52 bits per heavy atom. The molecule has 0 spiro atoms. The first-order chi connectivity index (χ1) is 30.4. The SMILES string of the molecule is C[C@@H](Oc1cc(-c2cnn(C3CCN(CCCCCCCC(=O)N4CC(Nc5cccc6c5C(=O)N(C5CCC(=O)NC5=O)C6=O)C4)CC3)c2)cnc1N)c1c(Cl)ccc(F)c1Cl. The number of rotatable bonds is 16. The highest BCUT2D eigenvalue weighted by atomic mass is 35.5. The Hall–Kier alpha value is -5.58. The van der Waals surface area contributed by atoms with E-state index in [1.54, 1.807) is 37.4 Å². The van der Waals surface area contributed by atoms with Crippen LogP contribution in [0.2, 0.25) is 10.0 Å². The molecule has 0 bridgehead atoms. The van der Waals surface area contributed by atoms with E-state index in [-0.39, 0.29) is 52.8 Å². The predicted octanol–water partition coefficient (Wildman–Crippen LogP) is 6.81. The number of pyridine rings is 1. The number of amides is 5. The predicted molar refractivity (Wildman–Crippen MR) is 235 cm³/mol. The summed E-state index contributed by atoms with van der Waals surface area (Å²) in [5, 5.41) is 10.4. The Bertz CT molecular complexity index is 2420. The molecule has 4 aromatic rings. The number of anilines is 2. The number of carbonyl (C=O) groups is 5. The summed E-state index contributed by atoms with van der Waals surface area (Å²) in [6, 6.07) is 8.62. The van der Waals surface area contributed by atoms with Gasteiger partial charge in [-0.1, -0.05) is 48.5 Å². The van der Waals surface area contributed by atoms with Crippen LogP contribution in [0.15, 0.2) is 55.0 Å². The van der Waals surface area contributed by atoms with Crippen molar-refractivity contribution >= 4 is 64.2 Å². The van der Waals surface area contributed by atoms with Gasteiger partial charge in [0.2, 0.25) is 17.7 Å². The average molecular weight is 903 g/mol. The minimum atomic E-state index is -1.02. The fraction of sp³-hybridized carbons (Fsp3) is 0.444. The van der Waals surface area contributed by atoms with Gasteiger partial charge in [-0.3, -0.25) is 38.9 Å². The zero-order valence-corrected chi connectivity index (χ0v) is 36.5. The lowest BCUT2D eigenvalue weighted by Gasteiger charge is -2.40. The van der Waals surface area contributed by atoms with Gasteiger partial charge in [-0.2, -0.15) is 5.10 Å². The van der Waals surface area contributed by atoms with E-state index in [9.17, 15) is 28.4 Å². The third kappa shape index (κ3) is 9.53. The van der Waals surface area contributed by atoms with Crippen LogP contribution in [0.3, 0.4) is 0 Å². The first-order valence-corrected chi connectivity index (χ1v) is 22.3. The summed E-state index contributed by atoms with van der Waals surface area (Å²) in [6.07, 6.45) is 12.6. The number of likely N-dealkylation sites (tertiary alicyclic amines) is 2. The van der Waals surface area contributed by atoms with Crippen LogP contribution in [-0.4, -0.2) is 104 Å². The highest BCUT2D eigenvalue weighted by Crippen LogP contribution is 2.38. The van der Waals surface area contributed by atoms with Crippen LogP contribution < -0.4 is 21.1 Å². The van der Waals surface area contributed by atoms with Gasteiger partial charge in [0.1, 0.15) is 18.0 Å². The maximum absolute atomic E-state index is 14.2. The van der Waals surface area contributed by atoms with Gasteiger partial charge in [0, 0.05) is 78.8 Å². The molecular formula is C45H50Cl2FN9O6. The first kappa shape index (κ1) is 44.0. The Balaban J connectivity index is 0.706. The van der Waals surface area contributed by atoms with Gasteiger partial charge < -0.3 is 25.6 Å². The van der Waals surface area contributed by atoms with E-state index in [0.717, 1.165) is 80.6 Å². The van der Waals surface area contributed by atoms with E-state index < -0.39 is 41.6 Å². The minimum Gasteiger partial charge on any atom is -0.482 e. The summed E-state index contributed by atoms with van der Waals surface area (Å²) in [5.74, 6) is -2.12. The molecule has 63 heavy (non-hydrogen) atoms. The lowest BCUT2D eigenvalue weighted by molar-refractivity contribution is -0.136. The highest BCUT2D eigenvalue weighted by molar-refractivity contribution is 6.36. The lowest BCUT2D eigenvalue weighted by Crippen LogP contribution is -2.57. The molecule has 0 saturated carbocycles. The summed E-state index contributed by atoms with van der Waals surface area (Å²) < 4.78 is 22.3. The summed E-state index contributed by atoms with van der Waals surface area (Å²) in [5.41, 5.74) is 9.08. The van der Waals surface area contributed by atoms with Crippen molar-refractivity contribution in [3.8, 4) is 16.9 Å². The number of nitrogen functional groups attached to an aromatic ring is 1. The molecular weight excluding hydrogens is 852 g/mol. The number of nitrogens with one attached hydrogen (secondary N) is 2. The van der Waals surface area contributed by atoms with Crippen LogP contribution in [-0.2, 0) is 14.4 Å². The molecule has 332 valence electrons. The van der Waals surface area contributed by atoms with Crippen molar-refractivity contribution in [3.05, 3.63) is 87.5 Å². The first-order valence-electron chi connectivity index (χ1n) is 21.6. The smallest absolute Gasteiger partial charge is 0.264 e. The van der Waals surface area contributed by atoms with Crippen molar-refractivity contribution in [2.75, 3.05) is 43.8 Å². The van der Waals surface area contributed by atoms with Crippen LogP contribution in [0.4, 0.5) is 15.9 Å². The Labute approximate surface area is 374 Å². The van der Waals surface area contributed by atoms with Gasteiger partial charge >= 0.3 is 0 Å². The van der Waals surface area contributed by atoms with Crippen molar-refractivity contribution in [2.24, 2.45) is 0 Å². The van der Waals surface area contributed by atoms with Crippen LogP contribution >= 0.6 is 23.2 Å². The molecule has 6 heterocycles. The van der Waals surface area contributed by atoms with Gasteiger partial charge in [-0.05, 0) is 75.9 Å². The lowest BCUT2D eigenvalue weighted by atomic mass is 10.0. The quantitative estimate of drug-likeness (QED) is 0.0610. The number of benzene rings is 2. The molecule has 3 fully saturated rings. The van der Waals surface area contributed by atoms with Crippen LogP contribution in [0.25, 0.3) is 11.1 Å². The normalized spacial score (nSPS) is 19.0. The number of hydrogen-bond donors (Lipinski definition) is 3.